The Bertz CT molecular complexity index is 998. The van der Waals surface area contributed by atoms with Gasteiger partial charge in [0.1, 0.15) is 5.75 Å². The monoisotopic (exact) mass is 381 g/mol. The number of primary amides is 1. The standard InChI is InChI=1S/C20H19N3O3S/c1-12-7-8-14(9-13(12)2)16-11-27-20(22-16)23-19(25)15-5-3-4-6-17(15)26-10-18(21)24/h3-9,11H,10H2,1-2H3,(H2,21,24)(H,22,23,25). The third-order valence-corrected chi connectivity index (χ3v) is 4.79. The summed E-state index contributed by atoms with van der Waals surface area (Å²) in [6.07, 6.45) is 0. The minimum atomic E-state index is -0.608. The normalized spacial score (nSPS) is 10.4. The molecule has 0 atom stereocenters. The van der Waals surface area contributed by atoms with E-state index in [4.69, 9.17) is 10.5 Å². The summed E-state index contributed by atoms with van der Waals surface area (Å²) in [6.45, 7) is 3.82. The van der Waals surface area contributed by atoms with Gasteiger partial charge >= 0.3 is 0 Å². The molecule has 3 N–H and O–H groups in total. The Kier molecular flexibility index (Phi) is 5.52. The van der Waals surface area contributed by atoms with E-state index in [1.165, 1.54) is 22.5 Å². The predicted molar refractivity (Wildman–Crippen MR) is 106 cm³/mol. The SMILES string of the molecule is Cc1ccc(-c2csc(NC(=O)c3ccccc3OCC(N)=O)n2)cc1C. The van der Waals surface area contributed by atoms with E-state index in [0.29, 0.717) is 16.4 Å². The fourth-order valence-corrected chi connectivity index (χ4v) is 3.17. The number of hydrogen-bond acceptors (Lipinski definition) is 5. The number of carbonyl (C=O) groups is 2. The van der Waals surface area contributed by atoms with Crippen LogP contribution in [0.15, 0.2) is 47.8 Å². The highest BCUT2D eigenvalue weighted by molar-refractivity contribution is 7.14. The molecule has 138 valence electrons. The van der Waals surface area contributed by atoms with E-state index in [1.807, 2.05) is 11.4 Å². The smallest absolute Gasteiger partial charge is 0.261 e. The lowest BCUT2D eigenvalue weighted by Gasteiger charge is -2.09. The third-order valence-electron chi connectivity index (χ3n) is 4.03. The summed E-state index contributed by atoms with van der Waals surface area (Å²) in [4.78, 5) is 28.0. The van der Waals surface area contributed by atoms with Crippen molar-refractivity contribution in [2.45, 2.75) is 13.8 Å². The van der Waals surface area contributed by atoms with Gasteiger partial charge in [-0.15, -0.1) is 11.3 Å². The molecule has 2 amide bonds. The first-order valence-electron chi connectivity index (χ1n) is 8.28. The Morgan fingerprint density at radius 2 is 1.93 bits per heavy atom. The number of carbonyl (C=O) groups excluding carboxylic acids is 2. The quantitative estimate of drug-likeness (QED) is 0.683. The van der Waals surface area contributed by atoms with Crippen molar-refractivity contribution in [3.05, 3.63) is 64.5 Å². The molecule has 1 aromatic heterocycles. The fourth-order valence-electron chi connectivity index (χ4n) is 2.46. The van der Waals surface area contributed by atoms with Gasteiger partial charge in [0.2, 0.25) is 0 Å². The van der Waals surface area contributed by atoms with Crippen LogP contribution < -0.4 is 15.8 Å². The zero-order chi connectivity index (χ0) is 19.4. The Morgan fingerprint density at radius 1 is 1.15 bits per heavy atom. The average Bonchev–Trinajstić information content (AvgIpc) is 3.11. The Morgan fingerprint density at radius 3 is 2.67 bits per heavy atom. The fraction of sp³-hybridized carbons (Fsp3) is 0.150. The first-order chi connectivity index (χ1) is 12.9. The van der Waals surface area contributed by atoms with Crippen LogP contribution in [0.1, 0.15) is 21.5 Å². The predicted octanol–water partition coefficient (Wildman–Crippen LogP) is 3.54. The first-order valence-corrected chi connectivity index (χ1v) is 9.16. The number of aromatic nitrogens is 1. The maximum Gasteiger partial charge on any atom is 0.261 e. The molecule has 0 aliphatic carbocycles. The van der Waals surface area contributed by atoms with Crippen molar-refractivity contribution < 1.29 is 14.3 Å². The molecule has 0 spiro atoms. The molecule has 0 fully saturated rings. The van der Waals surface area contributed by atoms with Gasteiger partial charge in [-0.05, 0) is 43.2 Å². The molecule has 0 saturated carbocycles. The minimum Gasteiger partial charge on any atom is -0.483 e. The van der Waals surface area contributed by atoms with Gasteiger partial charge in [0.25, 0.3) is 11.8 Å². The first kappa shape index (κ1) is 18.6. The maximum atomic E-state index is 12.6. The van der Waals surface area contributed by atoms with Crippen molar-refractivity contribution >= 4 is 28.3 Å². The maximum absolute atomic E-state index is 12.6. The van der Waals surface area contributed by atoms with Gasteiger partial charge in [-0.1, -0.05) is 24.3 Å². The van der Waals surface area contributed by atoms with E-state index in [-0.39, 0.29) is 12.5 Å². The van der Waals surface area contributed by atoms with Gasteiger partial charge in [-0.3, -0.25) is 14.9 Å². The number of para-hydroxylation sites is 1. The largest absolute Gasteiger partial charge is 0.483 e. The summed E-state index contributed by atoms with van der Waals surface area (Å²) in [7, 11) is 0. The van der Waals surface area contributed by atoms with Gasteiger partial charge in [0.15, 0.2) is 11.7 Å². The number of hydrogen-bond donors (Lipinski definition) is 2. The topological polar surface area (TPSA) is 94.3 Å². The molecule has 6 nitrogen and oxygen atoms in total. The summed E-state index contributed by atoms with van der Waals surface area (Å²) < 4.78 is 5.30. The second-order valence-corrected chi connectivity index (χ2v) is 6.90. The minimum absolute atomic E-state index is 0.291. The van der Waals surface area contributed by atoms with E-state index in [9.17, 15) is 9.59 Å². The summed E-state index contributed by atoms with van der Waals surface area (Å²) in [5, 5.41) is 5.16. The van der Waals surface area contributed by atoms with Gasteiger partial charge in [0, 0.05) is 10.9 Å². The number of nitrogens with zero attached hydrogens (tertiary/aromatic N) is 1. The summed E-state index contributed by atoms with van der Waals surface area (Å²) in [5.41, 5.74) is 9.61. The number of nitrogens with two attached hydrogens (primary N) is 1. The molecular formula is C20H19N3O3S. The van der Waals surface area contributed by atoms with Crippen LogP contribution in [0.25, 0.3) is 11.3 Å². The Hall–Kier alpha value is -3.19. The molecule has 2 aromatic carbocycles. The number of aryl methyl sites for hydroxylation is 2. The molecular weight excluding hydrogens is 362 g/mol. The van der Waals surface area contributed by atoms with Crippen molar-refractivity contribution in [1.29, 1.82) is 0 Å². The molecule has 3 rings (SSSR count). The number of thiazole rings is 1. The molecule has 27 heavy (non-hydrogen) atoms. The summed E-state index contributed by atoms with van der Waals surface area (Å²) in [5.74, 6) is -0.682. The van der Waals surface area contributed by atoms with E-state index in [2.05, 4.69) is 36.3 Å². The number of rotatable bonds is 6. The van der Waals surface area contributed by atoms with Crippen molar-refractivity contribution in [3.63, 3.8) is 0 Å². The number of nitrogens with one attached hydrogen (secondary N) is 1. The zero-order valence-electron chi connectivity index (χ0n) is 15.0. The number of amides is 2. The summed E-state index contributed by atoms with van der Waals surface area (Å²) in [6, 6.07) is 12.8. The van der Waals surface area contributed by atoms with Crippen LogP contribution in [0.2, 0.25) is 0 Å². The van der Waals surface area contributed by atoms with Crippen LogP contribution in [0.4, 0.5) is 5.13 Å². The van der Waals surface area contributed by atoms with Crippen molar-refractivity contribution in [2.24, 2.45) is 5.73 Å². The summed E-state index contributed by atoms with van der Waals surface area (Å²) >= 11 is 1.34. The lowest BCUT2D eigenvalue weighted by atomic mass is 10.1. The Labute approximate surface area is 161 Å². The van der Waals surface area contributed by atoms with Crippen molar-refractivity contribution in [2.75, 3.05) is 11.9 Å². The highest BCUT2D eigenvalue weighted by Crippen LogP contribution is 2.27. The van der Waals surface area contributed by atoms with E-state index in [0.717, 1.165) is 11.3 Å². The molecule has 0 radical (unpaired) electrons. The van der Waals surface area contributed by atoms with Gasteiger partial charge in [0.05, 0.1) is 11.3 Å². The second-order valence-electron chi connectivity index (χ2n) is 6.04. The average molecular weight is 381 g/mol. The van der Waals surface area contributed by atoms with Crippen LogP contribution >= 0.6 is 11.3 Å². The number of ether oxygens (including phenoxy) is 1. The Balaban J connectivity index is 1.76. The van der Waals surface area contributed by atoms with Gasteiger partial charge in [-0.25, -0.2) is 4.98 Å². The highest BCUT2D eigenvalue weighted by atomic mass is 32.1. The van der Waals surface area contributed by atoms with E-state index in [1.54, 1.807) is 24.3 Å². The van der Waals surface area contributed by atoms with Crippen LogP contribution in [0.5, 0.6) is 5.75 Å². The van der Waals surface area contributed by atoms with Crippen LogP contribution in [0.3, 0.4) is 0 Å². The molecule has 0 unspecified atom stereocenters. The number of anilines is 1. The van der Waals surface area contributed by atoms with Crippen LogP contribution in [0, 0.1) is 13.8 Å². The third kappa shape index (κ3) is 4.51. The molecule has 0 bridgehead atoms. The zero-order valence-corrected chi connectivity index (χ0v) is 15.8. The van der Waals surface area contributed by atoms with Crippen LogP contribution in [-0.4, -0.2) is 23.4 Å². The van der Waals surface area contributed by atoms with Crippen LogP contribution in [-0.2, 0) is 4.79 Å². The molecule has 0 aliphatic rings. The van der Waals surface area contributed by atoms with Crippen molar-refractivity contribution in [3.8, 4) is 17.0 Å². The van der Waals surface area contributed by atoms with Gasteiger partial charge in [-0.2, -0.15) is 0 Å². The second kappa shape index (κ2) is 8.01. The molecule has 0 aliphatic heterocycles. The lowest BCUT2D eigenvalue weighted by Crippen LogP contribution is -2.21. The molecule has 7 heteroatoms. The highest BCUT2D eigenvalue weighted by Gasteiger charge is 2.15. The number of benzene rings is 2. The van der Waals surface area contributed by atoms with E-state index >= 15 is 0 Å². The molecule has 0 saturated heterocycles. The van der Waals surface area contributed by atoms with E-state index < -0.39 is 5.91 Å². The lowest BCUT2D eigenvalue weighted by molar-refractivity contribution is -0.119. The molecule has 1 heterocycles. The van der Waals surface area contributed by atoms with Crippen molar-refractivity contribution in [1.82, 2.24) is 4.98 Å². The molecule has 3 aromatic rings. The van der Waals surface area contributed by atoms with Gasteiger partial charge < -0.3 is 10.5 Å².